The normalized spacial score (nSPS) is 14.0. The molecule has 7 nitrogen and oxygen atoms in total. The van der Waals surface area contributed by atoms with Crippen LogP contribution in [0.4, 0.5) is 5.82 Å². The Morgan fingerprint density at radius 2 is 2.33 bits per heavy atom. The lowest BCUT2D eigenvalue weighted by molar-refractivity contribution is 0.0244. The first kappa shape index (κ1) is 11.3. The van der Waals surface area contributed by atoms with Crippen molar-refractivity contribution in [3.8, 4) is 0 Å². The standard InChI is InChI=1S/C8H11N5O2/c9-7-3-5(1-2-11-7)8(15)6(14)4-12-13-10/h1-3,6,8,14-15H,4H2,(H2,9,11). The van der Waals surface area contributed by atoms with E-state index in [1.165, 1.54) is 18.3 Å². The summed E-state index contributed by atoms with van der Waals surface area (Å²) >= 11 is 0. The van der Waals surface area contributed by atoms with Crippen LogP contribution in [0.1, 0.15) is 11.7 Å². The highest BCUT2D eigenvalue weighted by Crippen LogP contribution is 2.17. The molecule has 0 amide bonds. The Balaban J connectivity index is 2.75. The number of anilines is 1. The number of nitrogens with two attached hydrogens (primary N) is 1. The lowest BCUT2D eigenvalue weighted by Crippen LogP contribution is -2.21. The van der Waals surface area contributed by atoms with Gasteiger partial charge in [0.2, 0.25) is 0 Å². The first-order valence-electron chi connectivity index (χ1n) is 4.23. The molecule has 1 aromatic rings. The lowest BCUT2D eigenvalue weighted by atomic mass is 10.1. The smallest absolute Gasteiger partial charge is 0.123 e. The van der Waals surface area contributed by atoms with E-state index < -0.39 is 12.2 Å². The van der Waals surface area contributed by atoms with Crippen molar-refractivity contribution < 1.29 is 10.2 Å². The molecule has 0 aliphatic rings. The molecular weight excluding hydrogens is 198 g/mol. The summed E-state index contributed by atoms with van der Waals surface area (Å²) in [5, 5.41) is 22.2. The Labute approximate surface area is 85.8 Å². The molecule has 0 aliphatic carbocycles. The van der Waals surface area contributed by atoms with E-state index in [1.807, 2.05) is 0 Å². The van der Waals surface area contributed by atoms with Crippen molar-refractivity contribution in [1.29, 1.82) is 0 Å². The van der Waals surface area contributed by atoms with Crippen LogP contribution in [0.3, 0.4) is 0 Å². The van der Waals surface area contributed by atoms with Gasteiger partial charge in [-0.2, -0.15) is 0 Å². The van der Waals surface area contributed by atoms with E-state index >= 15 is 0 Å². The summed E-state index contributed by atoms with van der Waals surface area (Å²) < 4.78 is 0. The quantitative estimate of drug-likeness (QED) is 0.375. The molecule has 0 saturated heterocycles. The molecule has 0 fully saturated rings. The Hall–Kier alpha value is -1.82. The molecule has 0 bridgehead atoms. The van der Waals surface area contributed by atoms with E-state index in [-0.39, 0.29) is 12.4 Å². The Bertz CT molecular complexity index is 377. The average molecular weight is 209 g/mol. The number of aliphatic hydroxyl groups excluding tert-OH is 2. The molecule has 0 radical (unpaired) electrons. The molecule has 15 heavy (non-hydrogen) atoms. The molecule has 1 rings (SSSR count). The van der Waals surface area contributed by atoms with Crippen LogP contribution >= 0.6 is 0 Å². The summed E-state index contributed by atoms with van der Waals surface area (Å²) in [5.41, 5.74) is 13.9. The molecule has 2 atom stereocenters. The van der Waals surface area contributed by atoms with Gasteiger partial charge in [-0.05, 0) is 23.2 Å². The molecule has 1 aromatic heterocycles. The molecule has 0 aliphatic heterocycles. The Morgan fingerprint density at radius 1 is 1.60 bits per heavy atom. The van der Waals surface area contributed by atoms with Gasteiger partial charge in [0, 0.05) is 11.1 Å². The van der Waals surface area contributed by atoms with Crippen molar-refractivity contribution in [1.82, 2.24) is 4.98 Å². The summed E-state index contributed by atoms with van der Waals surface area (Å²) in [6.07, 6.45) is -0.864. The number of aromatic nitrogens is 1. The van der Waals surface area contributed by atoms with E-state index in [0.29, 0.717) is 5.56 Å². The highest BCUT2D eigenvalue weighted by molar-refractivity contribution is 5.33. The number of hydrogen-bond acceptors (Lipinski definition) is 5. The summed E-state index contributed by atoms with van der Waals surface area (Å²) in [6, 6.07) is 2.98. The number of hydrogen-bond donors (Lipinski definition) is 3. The Morgan fingerprint density at radius 3 is 2.93 bits per heavy atom. The van der Waals surface area contributed by atoms with Crippen LogP contribution in [0.25, 0.3) is 10.4 Å². The second-order valence-electron chi connectivity index (χ2n) is 2.94. The van der Waals surface area contributed by atoms with E-state index in [2.05, 4.69) is 15.0 Å². The Kier molecular flexibility index (Phi) is 3.87. The second-order valence-corrected chi connectivity index (χ2v) is 2.94. The highest BCUT2D eigenvalue weighted by Gasteiger charge is 2.17. The number of aliphatic hydroxyl groups is 2. The fourth-order valence-corrected chi connectivity index (χ4v) is 1.09. The van der Waals surface area contributed by atoms with Gasteiger partial charge in [-0.3, -0.25) is 0 Å². The van der Waals surface area contributed by atoms with Gasteiger partial charge >= 0.3 is 0 Å². The summed E-state index contributed by atoms with van der Waals surface area (Å²) in [5.74, 6) is 0.252. The van der Waals surface area contributed by atoms with Crippen LogP contribution in [0.2, 0.25) is 0 Å². The minimum absolute atomic E-state index is 0.195. The van der Waals surface area contributed by atoms with E-state index in [1.54, 1.807) is 0 Å². The molecule has 2 unspecified atom stereocenters. The average Bonchev–Trinajstić information content (AvgIpc) is 2.24. The maximum Gasteiger partial charge on any atom is 0.123 e. The zero-order valence-electron chi connectivity index (χ0n) is 7.85. The lowest BCUT2D eigenvalue weighted by Gasteiger charge is -2.15. The molecule has 7 heteroatoms. The van der Waals surface area contributed by atoms with Gasteiger partial charge in [0.15, 0.2) is 0 Å². The van der Waals surface area contributed by atoms with Crippen LogP contribution in [-0.2, 0) is 0 Å². The maximum atomic E-state index is 9.62. The topological polar surface area (TPSA) is 128 Å². The van der Waals surface area contributed by atoms with Gasteiger partial charge in [0.1, 0.15) is 11.9 Å². The summed E-state index contributed by atoms with van der Waals surface area (Å²) in [4.78, 5) is 6.23. The third-order valence-corrected chi connectivity index (χ3v) is 1.84. The highest BCUT2D eigenvalue weighted by atomic mass is 16.3. The minimum atomic E-state index is -1.15. The van der Waals surface area contributed by atoms with E-state index in [4.69, 9.17) is 11.3 Å². The van der Waals surface area contributed by atoms with Crippen LogP contribution in [0.15, 0.2) is 23.4 Å². The molecule has 0 saturated carbocycles. The monoisotopic (exact) mass is 209 g/mol. The van der Waals surface area contributed by atoms with Crippen LogP contribution < -0.4 is 5.73 Å². The van der Waals surface area contributed by atoms with Crippen LogP contribution in [0.5, 0.6) is 0 Å². The molecule has 0 aromatic carbocycles. The predicted octanol–water partition coefficient (Wildman–Crippen LogP) is 0.368. The number of pyridine rings is 1. The molecular formula is C8H11N5O2. The zero-order valence-corrected chi connectivity index (χ0v) is 7.85. The van der Waals surface area contributed by atoms with Crippen molar-refractivity contribution in [2.45, 2.75) is 12.2 Å². The van der Waals surface area contributed by atoms with Crippen LogP contribution in [-0.4, -0.2) is 27.8 Å². The van der Waals surface area contributed by atoms with Gasteiger partial charge in [0.25, 0.3) is 0 Å². The molecule has 0 spiro atoms. The van der Waals surface area contributed by atoms with Gasteiger partial charge in [-0.25, -0.2) is 4.98 Å². The fraction of sp³-hybridized carbons (Fsp3) is 0.375. The van der Waals surface area contributed by atoms with Crippen molar-refractivity contribution in [3.05, 3.63) is 34.3 Å². The minimum Gasteiger partial charge on any atom is -0.390 e. The summed E-state index contributed by atoms with van der Waals surface area (Å²) in [7, 11) is 0. The van der Waals surface area contributed by atoms with Crippen LogP contribution in [0, 0.1) is 0 Å². The maximum absolute atomic E-state index is 9.62. The first-order chi connectivity index (χ1) is 7.15. The van der Waals surface area contributed by atoms with Crippen molar-refractivity contribution in [2.24, 2.45) is 5.11 Å². The largest absolute Gasteiger partial charge is 0.390 e. The molecule has 1 heterocycles. The number of azide groups is 1. The van der Waals surface area contributed by atoms with Gasteiger partial charge < -0.3 is 15.9 Å². The van der Waals surface area contributed by atoms with Gasteiger partial charge in [-0.1, -0.05) is 5.11 Å². The third kappa shape index (κ3) is 3.10. The second kappa shape index (κ2) is 5.16. The first-order valence-corrected chi connectivity index (χ1v) is 4.23. The molecule has 80 valence electrons. The van der Waals surface area contributed by atoms with E-state index in [9.17, 15) is 10.2 Å². The number of nitrogen functional groups attached to an aromatic ring is 1. The SMILES string of the molecule is [N-]=[N+]=NCC(O)C(O)c1ccnc(N)c1. The number of nitrogens with zero attached hydrogens (tertiary/aromatic N) is 4. The molecule has 4 N–H and O–H groups in total. The van der Waals surface area contributed by atoms with E-state index in [0.717, 1.165) is 0 Å². The van der Waals surface area contributed by atoms with Crippen molar-refractivity contribution in [2.75, 3.05) is 12.3 Å². The third-order valence-electron chi connectivity index (χ3n) is 1.84. The fourth-order valence-electron chi connectivity index (χ4n) is 1.09. The van der Waals surface area contributed by atoms with Gasteiger partial charge in [-0.15, -0.1) is 0 Å². The number of rotatable bonds is 4. The van der Waals surface area contributed by atoms with Crippen molar-refractivity contribution >= 4 is 5.82 Å². The summed E-state index contributed by atoms with van der Waals surface area (Å²) in [6.45, 7) is -0.195. The van der Waals surface area contributed by atoms with Gasteiger partial charge in [0.05, 0.1) is 12.6 Å². The predicted molar refractivity (Wildman–Crippen MR) is 53.6 cm³/mol. The van der Waals surface area contributed by atoms with Crippen molar-refractivity contribution in [3.63, 3.8) is 0 Å². The zero-order chi connectivity index (χ0) is 11.3.